The molecule has 0 aromatic rings. The van der Waals surface area contributed by atoms with Crippen molar-refractivity contribution in [2.45, 2.75) is 37.7 Å². The van der Waals surface area contributed by atoms with Gasteiger partial charge in [-0.15, -0.1) is 6.58 Å². The summed E-state index contributed by atoms with van der Waals surface area (Å²) in [5.41, 5.74) is -0.481. The SMILES string of the molecule is C=CC1(O)C[C@@H]2CCCC[C@@H]21. The van der Waals surface area contributed by atoms with Crippen LogP contribution in [0.3, 0.4) is 0 Å². The average Bonchev–Trinajstić information content (AvgIpc) is 2.02. The van der Waals surface area contributed by atoms with E-state index >= 15 is 0 Å². The van der Waals surface area contributed by atoms with E-state index in [2.05, 4.69) is 6.58 Å². The Balaban J connectivity index is 2.06. The molecular weight excluding hydrogens is 136 g/mol. The molecule has 2 aliphatic carbocycles. The van der Waals surface area contributed by atoms with Crippen LogP contribution in [-0.2, 0) is 0 Å². The molecule has 0 bridgehead atoms. The van der Waals surface area contributed by atoms with Gasteiger partial charge in [0.1, 0.15) is 0 Å². The van der Waals surface area contributed by atoms with Crippen LogP contribution in [0, 0.1) is 11.8 Å². The summed E-state index contributed by atoms with van der Waals surface area (Å²) in [6, 6.07) is 0. The van der Waals surface area contributed by atoms with Crippen molar-refractivity contribution < 1.29 is 5.11 Å². The molecule has 0 aromatic heterocycles. The molecule has 0 aliphatic heterocycles. The molecule has 1 heteroatoms. The van der Waals surface area contributed by atoms with Crippen LogP contribution in [0.4, 0.5) is 0 Å². The van der Waals surface area contributed by atoms with Crippen LogP contribution in [0.2, 0.25) is 0 Å². The molecule has 1 nitrogen and oxygen atoms in total. The molecule has 2 aliphatic rings. The normalized spacial score (nSPS) is 49.2. The van der Waals surface area contributed by atoms with Crippen molar-refractivity contribution in [2.24, 2.45) is 11.8 Å². The predicted octanol–water partition coefficient (Wildman–Crippen LogP) is 2.11. The van der Waals surface area contributed by atoms with E-state index in [1.54, 1.807) is 6.08 Å². The van der Waals surface area contributed by atoms with Gasteiger partial charge in [0.05, 0.1) is 5.60 Å². The Hall–Kier alpha value is -0.300. The number of fused-ring (bicyclic) bond motifs is 1. The van der Waals surface area contributed by atoms with E-state index in [0.29, 0.717) is 5.92 Å². The van der Waals surface area contributed by atoms with Crippen molar-refractivity contribution in [1.82, 2.24) is 0 Å². The van der Waals surface area contributed by atoms with Crippen molar-refractivity contribution in [1.29, 1.82) is 0 Å². The summed E-state index contributed by atoms with van der Waals surface area (Å²) < 4.78 is 0. The van der Waals surface area contributed by atoms with Crippen molar-refractivity contribution >= 4 is 0 Å². The molecule has 0 radical (unpaired) electrons. The lowest BCUT2D eigenvalue weighted by molar-refractivity contribution is -0.118. The third-order valence-corrected chi connectivity index (χ3v) is 3.49. The number of hydrogen-bond acceptors (Lipinski definition) is 1. The second-order valence-electron chi connectivity index (χ2n) is 4.05. The molecule has 1 N–H and O–H groups in total. The van der Waals surface area contributed by atoms with Crippen molar-refractivity contribution in [3.05, 3.63) is 12.7 Å². The summed E-state index contributed by atoms with van der Waals surface area (Å²) >= 11 is 0. The predicted molar refractivity (Wildman–Crippen MR) is 45.2 cm³/mol. The maximum Gasteiger partial charge on any atom is 0.0858 e. The first-order valence-corrected chi connectivity index (χ1v) is 4.62. The fourth-order valence-corrected chi connectivity index (χ4v) is 2.76. The van der Waals surface area contributed by atoms with Gasteiger partial charge < -0.3 is 5.11 Å². The molecular formula is C10H16O. The molecule has 1 unspecified atom stereocenters. The van der Waals surface area contributed by atoms with Gasteiger partial charge in [0.15, 0.2) is 0 Å². The van der Waals surface area contributed by atoms with E-state index in [0.717, 1.165) is 12.3 Å². The van der Waals surface area contributed by atoms with Gasteiger partial charge in [-0.3, -0.25) is 0 Å². The fourth-order valence-electron chi connectivity index (χ4n) is 2.76. The summed E-state index contributed by atoms with van der Waals surface area (Å²) in [6.45, 7) is 3.70. The monoisotopic (exact) mass is 152 g/mol. The van der Waals surface area contributed by atoms with Crippen LogP contribution in [0.25, 0.3) is 0 Å². The third kappa shape index (κ3) is 0.943. The van der Waals surface area contributed by atoms with Gasteiger partial charge in [-0.25, -0.2) is 0 Å². The van der Waals surface area contributed by atoms with Gasteiger partial charge >= 0.3 is 0 Å². The smallest absolute Gasteiger partial charge is 0.0858 e. The zero-order chi connectivity index (χ0) is 7.90. The maximum absolute atomic E-state index is 9.90. The second-order valence-corrected chi connectivity index (χ2v) is 4.05. The highest BCUT2D eigenvalue weighted by molar-refractivity contribution is 5.12. The van der Waals surface area contributed by atoms with Gasteiger partial charge in [0.25, 0.3) is 0 Å². The Morgan fingerprint density at radius 1 is 1.36 bits per heavy atom. The van der Waals surface area contributed by atoms with Crippen LogP contribution in [0.1, 0.15) is 32.1 Å². The number of hydrogen-bond donors (Lipinski definition) is 1. The summed E-state index contributed by atoms with van der Waals surface area (Å²) in [5, 5.41) is 9.90. The zero-order valence-corrected chi connectivity index (χ0v) is 6.92. The van der Waals surface area contributed by atoms with E-state index in [-0.39, 0.29) is 0 Å². The van der Waals surface area contributed by atoms with E-state index < -0.39 is 5.60 Å². The highest BCUT2D eigenvalue weighted by atomic mass is 16.3. The van der Waals surface area contributed by atoms with Crippen molar-refractivity contribution in [3.8, 4) is 0 Å². The molecule has 11 heavy (non-hydrogen) atoms. The lowest BCUT2D eigenvalue weighted by atomic mass is 9.56. The molecule has 0 heterocycles. The molecule has 3 atom stereocenters. The lowest BCUT2D eigenvalue weighted by Crippen LogP contribution is -2.53. The number of aliphatic hydroxyl groups is 1. The standard InChI is InChI=1S/C10H16O/c1-2-10(11)7-8-5-3-4-6-9(8)10/h2,8-9,11H,1,3-7H2/t8-,9-,10?/m0/s1. The van der Waals surface area contributed by atoms with E-state index in [1.165, 1.54) is 25.7 Å². The Bertz CT molecular complexity index is 176. The van der Waals surface area contributed by atoms with E-state index in [9.17, 15) is 5.11 Å². The minimum absolute atomic E-state index is 0.481. The van der Waals surface area contributed by atoms with Crippen molar-refractivity contribution in [3.63, 3.8) is 0 Å². The fraction of sp³-hybridized carbons (Fsp3) is 0.800. The largest absolute Gasteiger partial charge is 0.385 e. The van der Waals surface area contributed by atoms with Gasteiger partial charge in [-0.2, -0.15) is 0 Å². The minimum atomic E-state index is -0.481. The Morgan fingerprint density at radius 3 is 2.73 bits per heavy atom. The molecule has 0 saturated heterocycles. The lowest BCUT2D eigenvalue weighted by Gasteiger charge is -2.53. The number of rotatable bonds is 1. The Kier molecular flexibility index (Phi) is 1.57. The van der Waals surface area contributed by atoms with Crippen LogP contribution in [0.5, 0.6) is 0 Å². The van der Waals surface area contributed by atoms with Crippen LogP contribution >= 0.6 is 0 Å². The first-order chi connectivity index (χ1) is 5.26. The second kappa shape index (κ2) is 2.34. The first kappa shape index (κ1) is 7.35. The Labute approximate surface area is 68.1 Å². The minimum Gasteiger partial charge on any atom is -0.385 e. The average molecular weight is 152 g/mol. The van der Waals surface area contributed by atoms with Crippen LogP contribution < -0.4 is 0 Å². The Morgan fingerprint density at radius 2 is 2.09 bits per heavy atom. The molecule has 0 amide bonds. The van der Waals surface area contributed by atoms with Crippen LogP contribution in [0.15, 0.2) is 12.7 Å². The molecule has 2 saturated carbocycles. The van der Waals surface area contributed by atoms with Gasteiger partial charge in [-0.1, -0.05) is 18.9 Å². The summed E-state index contributed by atoms with van der Waals surface area (Å²) in [5.74, 6) is 1.36. The third-order valence-electron chi connectivity index (χ3n) is 3.49. The summed E-state index contributed by atoms with van der Waals surface area (Å²) in [6.07, 6.45) is 7.94. The summed E-state index contributed by atoms with van der Waals surface area (Å²) in [4.78, 5) is 0. The maximum atomic E-state index is 9.90. The topological polar surface area (TPSA) is 20.2 Å². The zero-order valence-electron chi connectivity index (χ0n) is 6.92. The van der Waals surface area contributed by atoms with Gasteiger partial charge in [0, 0.05) is 0 Å². The highest BCUT2D eigenvalue weighted by Crippen LogP contribution is 2.52. The van der Waals surface area contributed by atoms with E-state index in [1.807, 2.05) is 0 Å². The van der Waals surface area contributed by atoms with Gasteiger partial charge in [0.2, 0.25) is 0 Å². The van der Waals surface area contributed by atoms with E-state index in [4.69, 9.17) is 0 Å². The molecule has 62 valence electrons. The molecule has 2 fully saturated rings. The quantitative estimate of drug-likeness (QED) is 0.570. The molecule has 0 spiro atoms. The highest BCUT2D eigenvalue weighted by Gasteiger charge is 2.50. The van der Waals surface area contributed by atoms with Crippen molar-refractivity contribution in [2.75, 3.05) is 0 Å². The van der Waals surface area contributed by atoms with Gasteiger partial charge in [-0.05, 0) is 31.1 Å². The van der Waals surface area contributed by atoms with Crippen LogP contribution in [-0.4, -0.2) is 10.7 Å². The molecule has 2 rings (SSSR count). The first-order valence-electron chi connectivity index (χ1n) is 4.62. The molecule has 0 aromatic carbocycles. The summed E-state index contributed by atoms with van der Waals surface area (Å²) in [7, 11) is 0.